The van der Waals surface area contributed by atoms with Crippen molar-refractivity contribution in [2.75, 3.05) is 36.7 Å². The Bertz CT molecular complexity index is 913. The van der Waals surface area contributed by atoms with Gasteiger partial charge >= 0.3 is 0 Å². The van der Waals surface area contributed by atoms with Crippen LogP contribution in [0.25, 0.3) is 0 Å². The summed E-state index contributed by atoms with van der Waals surface area (Å²) in [5.74, 6) is 0. The molecule has 0 saturated heterocycles. The zero-order chi connectivity index (χ0) is 20.7. The lowest BCUT2D eigenvalue weighted by Gasteiger charge is -2.15. The number of nitrogens with one attached hydrogen (secondary N) is 2. The quantitative estimate of drug-likeness (QED) is 0.423. The van der Waals surface area contributed by atoms with Gasteiger partial charge in [0.2, 0.25) is 10.0 Å². The minimum atomic E-state index is -3.51. The zero-order valence-corrected chi connectivity index (χ0v) is 17.9. The number of hydrogen-bond donors (Lipinski definition) is 2. The second kappa shape index (κ2) is 9.94. The molecule has 2 aromatic rings. The third-order valence-electron chi connectivity index (χ3n) is 5.30. The Morgan fingerprint density at radius 1 is 1.17 bits per heavy atom. The molecule has 1 aliphatic heterocycles. The maximum atomic E-state index is 12.9. The van der Waals surface area contributed by atoms with E-state index in [9.17, 15) is 8.42 Å². The summed E-state index contributed by atoms with van der Waals surface area (Å²) in [5, 5.41) is 2.66. The van der Waals surface area contributed by atoms with Crippen molar-refractivity contribution < 1.29 is 8.42 Å². The number of aryl methyl sites for hydroxylation is 1. The maximum Gasteiger partial charge on any atom is 0.241 e. The number of anilines is 2. The molecule has 2 aromatic carbocycles. The first kappa shape index (κ1) is 21.4. The molecule has 3 rings (SSSR count). The van der Waals surface area contributed by atoms with Gasteiger partial charge in [0.15, 0.2) is 0 Å². The van der Waals surface area contributed by atoms with Crippen LogP contribution in [0.5, 0.6) is 0 Å². The van der Waals surface area contributed by atoms with Crippen LogP contribution < -0.4 is 10.0 Å². The molecular formula is C23H31N3O2S. The lowest BCUT2D eigenvalue weighted by molar-refractivity contribution is 0.358. The van der Waals surface area contributed by atoms with Crippen LogP contribution in [-0.2, 0) is 16.4 Å². The Morgan fingerprint density at radius 3 is 2.72 bits per heavy atom. The molecule has 1 atom stereocenters. The van der Waals surface area contributed by atoms with Crippen LogP contribution in [0.2, 0.25) is 0 Å². The van der Waals surface area contributed by atoms with Crippen molar-refractivity contribution in [1.29, 1.82) is 0 Å². The molecule has 156 valence electrons. The van der Waals surface area contributed by atoms with Crippen molar-refractivity contribution in [3.63, 3.8) is 0 Å². The summed E-state index contributed by atoms with van der Waals surface area (Å²) >= 11 is 0. The molecule has 0 saturated carbocycles. The average Bonchev–Trinajstić information content (AvgIpc) is 3.12. The molecule has 5 nitrogen and oxygen atoms in total. The van der Waals surface area contributed by atoms with Crippen molar-refractivity contribution in [1.82, 2.24) is 4.90 Å². The second-order valence-electron chi connectivity index (χ2n) is 7.67. The molecule has 0 radical (unpaired) electrons. The maximum absolute atomic E-state index is 12.9. The van der Waals surface area contributed by atoms with Gasteiger partial charge < -0.3 is 10.2 Å². The van der Waals surface area contributed by atoms with Gasteiger partial charge in [-0.25, -0.2) is 8.42 Å². The van der Waals surface area contributed by atoms with Crippen LogP contribution in [0.15, 0.2) is 61.2 Å². The molecule has 0 aliphatic carbocycles. The van der Waals surface area contributed by atoms with Crippen LogP contribution in [0.1, 0.15) is 35.6 Å². The lowest BCUT2D eigenvalue weighted by atomic mass is 10.0. The van der Waals surface area contributed by atoms with Crippen molar-refractivity contribution >= 4 is 21.4 Å². The first-order valence-corrected chi connectivity index (χ1v) is 11.8. The highest BCUT2D eigenvalue weighted by atomic mass is 32.2. The van der Waals surface area contributed by atoms with E-state index >= 15 is 0 Å². The van der Waals surface area contributed by atoms with Crippen LogP contribution in [0, 0.1) is 0 Å². The molecule has 0 bridgehead atoms. The Labute approximate surface area is 174 Å². The molecule has 1 heterocycles. The zero-order valence-electron chi connectivity index (χ0n) is 17.1. The van der Waals surface area contributed by atoms with E-state index in [1.54, 1.807) is 12.1 Å². The van der Waals surface area contributed by atoms with Gasteiger partial charge in [-0.15, -0.1) is 6.58 Å². The van der Waals surface area contributed by atoms with Gasteiger partial charge in [-0.2, -0.15) is 0 Å². The predicted octanol–water partition coefficient (Wildman–Crippen LogP) is 4.43. The fraction of sp³-hybridized carbons (Fsp3) is 0.391. The molecular weight excluding hydrogens is 382 g/mol. The van der Waals surface area contributed by atoms with E-state index in [0.29, 0.717) is 12.2 Å². The van der Waals surface area contributed by atoms with E-state index in [0.717, 1.165) is 50.0 Å². The number of hydrogen-bond acceptors (Lipinski definition) is 4. The number of nitrogens with zero attached hydrogens (tertiary/aromatic N) is 1. The van der Waals surface area contributed by atoms with Gasteiger partial charge in [-0.1, -0.05) is 42.8 Å². The highest BCUT2D eigenvalue weighted by molar-refractivity contribution is 7.93. The number of likely N-dealkylation sites (N-methyl/N-ethyl adjacent to an activating group) is 1. The molecule has 1 aliphatic rings. The van der Waals surface area contributed by atoms with E-state index in [1.807, 2.05) is 30.3 Å². The van der Waals surface area contributed by atoms with Gasteiger partial charge in [-0.05, 0) is 62.2 Å². The molecule has 2 N–H and O–H groups in total. The van der Waals surface area contributed by atoms with E-state index < -0.39 is 15.3 Å². The Morgan fingerprint density at radius 2 is 1.97 bits per heavy atom. The number of rotatable bonds is 11. The number of sulfonamides is 1. The van der Waals surface area contributed by atoms with Gasteiger partial charge in [0.1, 0.15) is 5.25 Å². The SMILES string of the molecule is C=CCN(C)CCCCCc1ccc2c(c1)C(S(=O)(=O)Nc1ccccc1)CN2. The standard InChI is InChI=1S/C23H31N3O2S/c1-3-15-26(2)16-9-5-6-10-19-13-14-22-21(17-19)23(18-24-22)29(27,28)25-20-11-7-4-8-12-20/h3-4,7-8,11-14,17,23-25H,1,5-6,9-10,15-16,18H2,2H3. The van der Waals surface area contributed by atoms with E-state index in [1.165, 1.54) is 5.56 Å². The van der Waals surface area contributed by atoms with Crippen molar-refractivity contribution in [2.24, 2.45) is 0 Å². The van der Waals surface area contributed by atoms with Crippen molar-refractivity contribution in [2.45, 2.75) is 30.9 Å². The predicted molar refractivity (Wildman–Crippen MR) is 122 cm³/mol. The second-order valence-corrected chi connectivity index (χ2v) is 9.53. The summed E-state index contributed by atoms with van der Waals surface area (Å²) in [7, 11) is -1.40. The minimum absolute atomic E-state index is 0.399. The fourth-order valence-electron chi connectivity index (χ4n) is 3.73. The third kappa shape index (κ3) is 5.84. The summed E-state index contributed by atoms with van der Waals surface area (Å²) in [6, 6.07) is 15.2. The summed E-state index contributed by atoms with van der Waals surface area (Å²) in [6.07, 6.45) is 6.32. The molecule has 29 heavy (non-hydrogen) atoms. The van der Waals surface area contributed by atoms with Crippen LogP contribution in [0.4, 0.5) is 11.4 Å². The topological polar surface area (TPSA) is 61.4 Å². The van der Waals surface area contributed by atoms with Crippen LogP contribution >= 0.6 is 0 Å². The fourth-order valence-corrected chi connectivity index (χ4v) is 5.16. The number of unbranched alkanes of at least 4 members (excludes halogenated alkanes) is 2. The summed E-state index contributed by atoms with van der Waals surface area (Å²) < 4.78 is 28.6. The molecule has 0 spiro atoms. The van der Waals surface area contributed by atoms with E-state index in [4.69, 9.17) is 0 Å². The van der Waals surface area contributed by atoms with Gasteiger partial charge in [0, 0.05) is 24.5 Å². The van der Waals surface area contributed by atoms with Crippen molar-refractivity contribution in [3.8, 4) is 0 Å². The molecule has 0 aromatic heterocycles. The first-order chi connectivity index (χ1) is 14.0. The third-order valence-corrected chi connectivity index (χ3v) is 6.99. The Hall–Kier alpha value is -2.31. The molecule has 0 fully saturated rings. The normalized spacial score (nSPS) is 15.7. The highest BCUT2D eigenvalue weighted by Gasteiger charge is 2.33. The monoisotopic (exact) mass is 413 g/mol. The van der Waals surface area contributed by atoms with Gasteiger partial charge in [0.05, 0.1) is 0 Å². The summed E-state index contributed by atoms with van der Waals surface area (Å²) in [5.41, 5.74) is 3.59. The van der Waals surface area contributed by atoms with E-state index in [2.05, 4.69) is 40.7 Å². The highest BCUT2D eigenvalue weighted by Crippen LogP contribution is 2.36. The largest absolute Gasteiger partial charge is 0.383 e. The van der Waals surface area contributed by atoms with Crippen LogP contribution in [0.3, 0.4) is 0 Å². The molecule has 1 unspecified atom stereocenters. The molecule has 6 heteroatoms. The smallest absolute Gasteiger partial charge is 0.241 e. The van der Waals surface area contributed by atoms with Gasteiger partial charge in [-0.3, -0.25) is 4.72 Å². The lowest BCUT2D eigenvalue weighted by Crippen LogP contribution is -2.22. The Kier molecular flexibility index (Phi) is 7.34. The minimum Gasteiger partial charge on any atom is -0.383 e. The Balaban J connectivity index is 1.59. The average molecular weight is 414 g/mol. The number of benzene rings is 2. The number of para-hydroxylation sites is 1. The summed E-state index contributed by atoms with van der Waals surface area (Å²) in [4.78, 5) is 2.27. The van der Waals surface area contributed by atoms with Crippen LogP contribution in [-0.4, -0.2) is 40.0 Å². The van der Waals surface area contributed by atoms with Gasteiger partial charge in [0.25, 0.3) is 0 Å². The first-order valence-electron chi connectivity index (χ1n) is 10.2. The molecule has 0 amide bonds. The van der Waals surface area contributed by atoms with E-state index in [-0.39, 0.29) is 0 Å². The number of fused-ring (bicyclic) bond motifs is 1. The summed E-state index contributed by atoms with van der Waals surface area (Å²) in [6.45, 7) is 6.16. The van der Waals surface area contributed by atoms with Crippen molar-refractivity contribution in [3.05, 3.63) is 72.3 Å².